The van der Waals surface area contributed by atoms with Crippen LogP contribution in [0.25, 0.3) is 11.0 Å². The van der Waals surface area contributed by atoms with Gasteiger partial charge in [0.2, 0.25) is 10.0 Å². The summed E-state index contributed by atoms with van der Waals surface area (Å²) in [6.45, 7) is 4.10. The molecule has 2 aromatic carbocycles. The zero-order chi connectivity index (χ0) is 16.6. The number of hydrogen-bond donors (Lipinski definition) is 1. The molecule has 0 aliphatic carbocycles. The number of rotatable bonds is 4. The highest BCUT2D eigenvalue weighted by Gasteiger charge is 2.14. The van der Waals surface area contributed by atoms with E-state index in [1.54, 1.807) is 18.5 Å². The molecule has 1 aromatic heterocycles. The molecule has 0 aliphatic heterocycles. The minimum absolute atomic E-state index is 0.238. The lowest BCUT2D eigenvalue weighted by Gasteiger charge is -2.09. The van der Waals surface area contributed by atoms with E-state index in [1.807, 2.05) is 49.7 Å². The van der Waals surface area contributed by atoms with Crippen LogP contribution in [0.1, 0.15) is 16.7 Å². The summed E-state index contributed by atoms with van der Waals surface area (Å²) in [4.78, 5) is 4.58. The first-order valence-electron chi connectivity index (χ1n) is 7.34. The lowest BCUT2D eigenvalue weighted by atomic mass is 10.1. The van der Waals surface area contributed by atoms with Gasteiger partial charge in [0.1, 0.15) is 0 Å². The third-order valence-electron chi connectivity index (χ3n) is 4.04. The van der Waals surface area contributed by atoms with Gasteiger partial charge in [-0.15, -0.1) is 0 Å². The van der Waals surface area contributed by atoms with E-state index in [-0.39, 0.29) is 6.54 Å². The number of imidazole rings is 1. The number of sulfonamides is 1. The van der Waals surface area contributed by atoms with Crippen LogP contribution in [0.3, 0.4) is 0 Å². The summed E-state index contributed by atoms with van der Waals surface area (Å²) in [5.41, 5.74) is 4.79. The van der Waals surface area contributed by atoms with Gasteiger partial charge in [0.15, 0.2) is 0 Å². The predicted molar refractivity (Wildman–Crippen MR) is 90.7 cm³/mol. The van der Waals surface area contributed by atoms with Crippen LogP contribution in [-0.2, 0) is 23.6 Å². The molecule has 3 aromatic rings. The Bertz CT molecular complexity index is 975. The van der Waals surface area contributed by atoms with Crippen molar-refractivity contribution in [3.8, 4) is 0 Å². The molecule has 0 saturated carbocycles. The zero-order valence-corrected chi connectivity index (χ0v) is 14.2. The minimum atomic E-state index is -3.52. The van der Waals surface area contributed by atoms with Crippen molar-refractivity contribution in [1.82, 2.24) is 14.3 Å². The molecule has 1 heterocycles. The van der Waals surface area contributed by atoms with Crippen LogP contribution in [0.15, 0.2) is 47.6 Å². The van der Waals surface area contributed by atoms with Gasteiger partial charge in [-0.3, -0.25) is 0 Å². The summed E-state index contributed by atoms with van der Waals surface area (Å²) in [6, 6.07) is 10.9. The maximum atomic E-state index is 12.4. The number of nitrogens with zero attached hydrogens (tertiary/aromatic N) is 2. The van der Waals surface area contributed by atoms with Crippen LogP contribution in [-0.4, -0.2) is 18.0 Å². The van der Waals surface area contributed by atoms with Gasteiger partial charge in [0.25, 0.3) is 0 Å². The van der Waals surface area contributed by atoms with Crippen LogP contribution >= 0.6 is 0 Å². The van der Waals surface area contributed by atoms with Gasteiger partial charge in [-0.1, -0.05) is 12.1 Å². The third-order valence-corrected chi connectivity index (χ3v) is 5.44. The van der Waals surface area contributed by atoms with Crippen LogP contribution in [0.2, 0.25) is 0 Å². The van der Waals surface area contributed by atoms with Gasteiger partial charge >= 0.3 is 0 Å². The maximum Gasteiger partial charge on any atom is 0.240 e. The summed E-state index contributed by atoms with van der Waals surface area (Å²) in [7, 11) is -1.59. The molecule has 0 atom stereocenters. The SMILES string of the molecule is Cc1ccc(S(=O)(=O)NCc2ccc3c(c2)ncn3C)cc1C. The Kier molecular flexibility index (Phi) is 3.95. The topological polar surface area (TPSA) is 64.0 Å². The van der Waals surface area contributed by atoms with Crippen LogP contribution in [0, 0.1) is 13.8 Å². The molecule has 0 fully saturated rings. The second-order valence-corrected chi connectivity index (χ2v) is 7.52. The molecule has 5 nitrogen and oxygen atoms in total. The Balaban J connectivity index is 1.81. The van der Waals surface area contributed by atoms with E-state index < -0.39 is 10.0 Å². The Hall–Kier alpha value is -2.18. The lowest BCUT2D eigenvalue weighted by molar-refractivity contribution is 0.581. The molecule has 1 N–H and O–H groups in total. The van der Waals surface area contributed by atoms with E-state index in [2.05, 4.69) is 9.71 Å². The Morgan fingerprint density at radius 2 is 1.87 bits per heavy atom. The summed E-state index contributed by atoms with van der Waals surface area (Å²) < 4.78 is 29.4. The third kappa shape index (κ3) is 3.13. The van der Waals surface area contributed by atoms with Gasteiger partial charge in [0, 0.05) is 13.6 Å². The zero-order valence-electron chi connectivity index (χ0n) is 13.4. The number of benzene rings is 2. The molecule has 0 aliphatic rings. The molecular weight excluding hydrogens is 310 g/mol. The molecule has 0 amide bonds. The quantitative estimate of drug-likeness (QED) is 0.800. The van der Waals surface area contributed by atoms with Crippen molar-refractivity contribution < 1.29 is 8.42 Å². The number of fused-ring (bicyclic) bond motifs is 1. The smallest absolute Gasteiger partial charge is 0.240 e. The van der Waals surface area contributed by atoms with Crippen LogP contribution in [0.5, 0.6) is 0 Å². The fraction of sp³-hybridized carbons (Fsp3) is 0.235. The molecule has 120 valence electrons. The molecule has 0 radical (unpaired) electrons. The molecule has 6 heteroatoms. The van der Waals surface area contributed by atoms with Gasteiger partial charge < -0.3 is 4.57 Å². The number of aromatic nitrogens is 2. The van der Waals surface area contributed by atoms with E-state index in [9.17, 15) is 8.42 Å². The molecular formula is C17H19N3O2S. The van der Waals surface area contributed by atoms with Gasteiger partial charge in [-0.05, 0) is 54.8 Å². The van der Waals surface area contributed by atoms with Crippen molar-refractivity contribution >= 4 is 21.1 Å². The normalized spacial score (nSPS) is 12.0. The summed E-state index contributed by atoms with van der Waals surface area (Å²) in [5, 5.41) is 0. The Morgan fingerprint density at radius 1 is 1.09 bits per heavy atom. The maximum absolute atomic E-state index is 12.4. The highest BCUT2D eigenvalue weighted by molar-refractivity contribution is 7.89. The van der Waals surface area contributed by atoms with Crippen molar-refractivity contribution in [3.05, 3.63) is 59.4 Å². The van der Waals surface area contributed by atoms with Crippen molar-refractivity contribution in [2.45, 2.75) is 25.3 Å². The van der Waals surface area contributed by atoms with E-state index in [0.717, 1.165) is 27.7 Å². The van der Waals surface area contributed by atoms with Crippen molar-refractivity contribution in [1.29, 1.82) is 0 Å². The number of hydrogen-bond acceptors (Lipinski definition) is 3. The molecule has 0 saturated heterocycles. The van der Waals surface area contributed by atoms with Crippen LogP contribution in [0.4, 0.5) is 0 Å². The van der Waals surface area contributed by atoms with E-state index in [4.69, 9.17) is 0 Å². The first-order valence-corrected chi connectivity index (χ1v) is 8.82. The second kappa shape index (κ2) is 5.79. The van der Waals surface area contributed by atoms with E-state index >= 15 is 0 Å². The lowest BCUT2D eigenvalue weighted by Crippen LogP contribution is -2.23. The monoisotopic (exact) mass is 329 g/mol. The minimum Gasteiger partial charge on any atom is -0.334 e. The summed E-state index contributed by atoms with van der Waals surface area (Å²) >= 11 is 0. The van der Waals surface area contributed by atoms with Gasteiger partial charge in [-0.25, -0.2) is 18.1 Å². The average molecular weight is 329 g/mol. The van der Waals surface area contributed by atoms with E-state index in [1.165, 1.54) is 0 Å². The highest BCUT2D eigenvalue weighted by Crippen LogP contribution is 2.17. The number of nitrogens with one attached hydrogen (secondary N) is 1. The number of aryl methyl sites for hydroxylation is 3. The first-order chi connectivity index (χ1) is 10.9. The van der Waals surface area contributed by atoms with Crippen LogP contribution < -0.4 is 4.72 Å². The van der Waals surface area contributed by atoms with Crippen molar-refractivity contribution in [2.75, 3.05) is 0 Å². The van der Waals surface area contributed by atoms with Gasteiger partial charge in [0.05, 0.1) is 22.3 Å². The first kappa shape index (κ1) is 15.7. The summed E-state index contributed by atoms with van der Waals surface area (Å²) in [5.74, 6) is 0. The molecule has 0 bridgehead atoms. The Labute approximate surface area is 136 Å². The van der Waals surface area contributed by atoms with Gasteiger partial charge in [-0.2, -0.15) is 0 Å². The fourth-order valence-corrected chi connectivity index (χ4v) is 3.54. The van der Waals surface area contributed by atoms with Crippen molar-refractivity contribution in [3.63, 3.8) is 0 Å². The fourth-order valence-electron chi connectivity index (χ4n) is 2.43. The second-order valence-electron chi connectivity index (χ2n) is 5.75. The highest BCUT2D eigenvalue weighted by atomic mass is 32.2. The standard InChI is InChI=1S/C17H19N3O2S/c1-12-4-6-15(8-13(12)2)23(21,22)19-10-14-5-7-17-16(9-14)18-11-20(17)3/h4-9,11,19H,10H2,1-3H3. The molecule has 0 unspecified atom stereocenters. The average Bonchev–Trinajstić information content (AvgIpc) is 2.89. The predicted octanol–water partition coefficient (Wildman–Crippen LogP) is 2.67. The largest absolute Gasteiger partial charge is 0.334 e. The van der Waals surface area contributed by atoms with E-state index in [0.29, 0.717) is 4.90 Å². The van der Waals surface area contributed by atoms with Crippen molar-refractivity contribution in [2.24, 2.45) is 7.05 Å². The molecule has 3 rings (SSSR count). The molecule has 0 spiro atoms. The Morgan fingerprint density at radius 3 is 2.61 bits per heavy atom. The summed E-state index contributed by atoms with van der Waals surface area (Å²) in [6.07, 6.45) is 1.74. The molecule has 23 heavy (non-hydrogen) atoms.